The number of carbonyl (C=O) groups is 1. The van der Waals surface area contributed by atoms with Crippen molar-refractivity contribution in [3.8, 4) is 5.75 Å². The molecule has 1 fully saturated rings. The molecule has 5 heteroatoms. The predicted octanol–water partition coefficient (Wildman–Crippen LogP) is 1.34. The first kappa shape index (κ1) is 13.4. The summed E-state index contributed by atoms with van der Waals surface area (Å²) in [6.45, 7) is 2.29. The van der Waals surface area contributed by atoms with Gasteiger partial charge >= 0.3 is 0 Å². The Kier molecular flexibility index (Phi) is 4.60. The van der Waals surface area contributed by atoms with E-state index < -0.39 is 0 Å². The second kappa shape index (κ2) is 6.20. The molecule has 0 bridgehead atoms. The zero-order valence-corrected chi connectivity index (χ0v) is 11.9. The van der Waals surface area contributed by atoms with Gasteiger partial charge < -0.3 is 15.4 Å². The summed E-state index contributed by atoms with van der Waals surface area (Å²) in [6.07, 6.45) is 0.828. The minimum Gasteiger partial charge on any atom is -0.496 e. The largest absolute Gasteiger partial charge is 0.496 e. The Morgan fingerprint density at radius 1 is 1.56 bits per heavy atom. The number of methoxy groups -OCH3 is 1. The van der Waals surface area contributed by atoms with E-state index in [0.29, 0.717) is 6.54 Å². The van der Waals surface area contributed by atoms with Gasteiger partial charge in [0.15, 0.2) is 0 Å². The summed E-state index contributed by atoms with van der Waals surface area (Å²) in [5, 5.41) is 6.05. The van der Waals surface area contributed by atoms with Crippen molar-refractivity contribution in [2.75, 3.05) is 26.7 Å². The Morgan fingerprint density at radius 3 is 2.89 bits per heavy atom. The monoisotopic (exact) mass is 312 g/mol. The summed E-state index contributed by atoms with van der Waals surface area (Å²) < 4.78 is 6.11. The SMILES string of the molecule is COc1ccc(CCNC(=O)C2CNC2)cc1Br. The van der Waals surface area contributed by atoms with E-state index >= 15 is 0 Å². The van der Waals surface area contributed by atoms with Crippen LogP contribution in [0.3, 0.4) is 0 Å². The summed E-state index contributed by atoms with van der Waals surface area (Å²) in [7, 11) is 1.65. The molecule has 1 aliphatic heterocycles. The number of carbonyl (C=O) groups excluding carboxylic acids is 1. The van der Waals surface area contributed by atoms with E-state index in [9.17, 15) is 4.79 Å². The zero-order chi connectivity index (χ0) is 13.0. The third-order valence-corrected chi connectivity index (χ3v) is 3.70. The second-order valence-electron chi connectivity index (χ2n) is 4.37. The quantitative estimate of drug-likeness (QED) is 0.862. The van der Waals surface area contributed by atoms with Crippen LogP contribution in [0, 0.1) is 5.92 Å². The van der Waals surface area contributed by atoms with E-state index in [1.165, 1.54) is 5.56 Å². The number of halogens is 1. The third-order valence-electron chi connectivity index (χ3n) is 3.08. The summed E-state index contributed by atoms with van der Waals surface area (Å²) in [6, 6.07) is 5.97. The van der Waals surface area contributed by atoms with Crippen molar-refractivity contribution in [3.05, 3.63) is 28.2 Å². The molecular formula is C13H17BrN2O2. The average molecular weight is 313 g/mol. The maximum atomic E-state index is 11.6. The summed E-state index contributed by atoms with van der Waals surface area (Å²) in [5.41, 5.74) is 1.18. The average Bonchev–Trinajstić information content (AvgIpc) is 2.27. The molecule has 0 unspecified atom stereocenters. The number of hydrogen-bond acceptors (Lipinski definition) is 3. The number of rotatable bonds is 5. The fraction of sp³-hybridized carbons (Fsp3) is 0.462. The number of nitrogens with one attached hydrogen (secondary N) is 2. The molecule has 1 saturated heterocycles. The number of benzene rings is 1. The van der Waals surface area contributed by atoms with Gasteiger partial charge in [0.1, 0.15) is 5.75 Å². The first-order chi connectivity index (χ1) is 8.70. The molecule has 0 aliphatic carbocycles. The molecule has 2 N–H and O–H groups in total. The van der Waals surface area contributed by atoms with E-state index in [0.717, 1.165) is 29.7 Å². The Balaban J connectivity index is 1.79. The van der Waals surface area contributed by atoms with Crippen LogP contribution >= 0.6 is 15.9 Å². The smallest absolute Gasteiger partial charge is 0.225 e. The van der Waals surface area contributed by atoms with Gasteiger partial charge in [-0.25, -0.2) is 0 Å². The highest BCUT2D eigenvalue weighted by molar-refractivity contribution is 9.10. The molecule has 0 spiro atoms. The molecule has 1 aromatic carbocycles. The Bertz CT molecular complexity index is 433. The van der Waals surface area contributed by atoms with Crippen LogP contribution in [0.15, 0.2) is 22.7 Å². The van der Waals surface area contributed by atoms with Crippen LogP contribution in [0.5, 0.6) is 5.75 Å². The first-order valence-electron chi connectivity index (χ1n) is 6.01. The van der Waals surface area contributed by atoms with Crippen LogP contribution in [0.2, 0.25) is 0 Å². The van der Waals surface area contributed by atoms with Gasteiger partial charge in [0, 0.05) is 19.6 Å². The lowest BCUT2D eigenvalue weighted by Crippen LogP contribution is -2.51. The minimum absolute atomic E-state index is 0.154. The Labute approximate surface area is 115 Å². The highest BCUT2D eigenvalue weighted by atomic mass is 79.9. The van der Waals surface area contributed by atoms with Gasteiger partial charge in [-0.1, -0.05) is 6.07 Å². The van der Waals surface area contributed by atoms with Crippen molar-refractivity contribution in [3.63, 3.8) is 0 Å². The van der Waals surface area contributed by atoms with Gasteiger partial charge in [0.25, 0.3) is 0 Å². The topological polar surface area (TPSA) is 50.4 Å². The molecule has 1 amide bonds. The van der Waals surface area contributed by atoms with E-state index in [-0.39, 0.29) is 11.8 Å². The van der Waals surface area contributed by atoms with Crippen LogP contribution in [0.4, 0.5) is 0 Å². The molecule has 1 aliphatic rings. The fourth-order valence-electron chi connectivity index (χ4n) is 1.81. The fourth-order valence-corrected chi connectivity index (χ4v) is 2.40. The Hall–Kier alpha value is -1.07. The maximum Gasteiger partial charge on any atom is 0.225 e. The maximum absolute atomic E-state index is 11.6. The summed E-state index contributed by atoms with van der Waals surface area (Å²) >= 11 is 3.45. The molecule has 4 nitrogen and oxygen atoms in total. The lowest BCUT2D eigenvalue weighted by atomic mass is 10.0. The minimum atomic E-state index is 0.154. The van der Waals surface area contributed by atoms with Gasteiger partial charge in [-0.2, -0.15) is 0 Å². The normalized spacial score (nSPS) is 15.0. The zero-order valence-electron chi connectivity index (χ0n) is 10.3. The van der Waals surface area contributed by atoms with Crippen LogP contribution in [-0.2, 0) is 11.2 Å². The molecule has 2 rings (SSSR count). The molecule has 0 radical (unpaired) electrons. The summed E-state index contributed by atoms with van der Waals surface area (Å²) in [4.78, 5) is 11.6. The molecule has 0 atom stereocenters. The van der Waals surface area contributed by atoms with Crippen molar-refractivity contribution in [1.29, 1.82) is 0 Å². The standard InChI is InChI=1S/C13H17BrN2O2/c1-18-12-3-2-9(6-11(12)14)4-5-16-13(17)10-7-15-8-10/h2-3,6,10,15H,4-5,7-8H2,1H3,(H,16,17). The molecular weight excluding hydrogens is 296 g/mol. The molecule has 1 heterocycles. The number of ether oxygens (including phenoxy) is 1. The van der Waals surface area contributed by atoms with Crippen LogP contribution in [-0.4, -0.2) is 32.7 Å². The van der Waals surface area contributed by atoms with Gasteiger partial charge in [-0.3, -0.25) is 4.79 Å². The van der Waals surface area contributed by atoms with Crippen molar-refractivity contribution in [2.45, 2.75) is 6.42 Å². The van der Waals surface area contributed by atoms with E-state index in [1.54, 1.807) is 7.11 Å². The lowest BCUT2D eigenvalue weighted by Gasteiger charge is -2.25. The van der Waals surface area contributed by atoms with E-state index in [4.69, 9.17) is 4.74 Å². The van der Waals surface area contributed by atoms with Crippen molar-refractivity contribution < 1.29 is 9.53 Å². The van der Waals surface area contributed by atoms with Gasteiger partial charge in [0.2, 0.25) is 5.91 Å². The van der Waals surface area contributed by atoms with Crippen LogP contribution in [0.25, 0.3) is 0 Å². The van der Waals surface area contributed by atoms with Gasteiger partial charge in [-0.15, -0.1) is 0 Å². The van der Waals surface area contributed by atoms with E-state index in [2.05, 4.69) is 26.6 Å². The third kappa shape index (κ3) is 3.23. The highest BCUT2D eigenvalue weighted by Gasteiger charge is 2.24. The molecule has 0 aromatic heterocycles. The molecule has 1 aromatic rings. The van der Waals surface area contributed by atoms with Gasteiger partial charge in [0.05, 0.1) is 17.5 Å². The number of amides is 1. The van der Waals surface area contributed by atoms with E-state index in [1.807, 2.05) is 18.2 Å². The molecule has 98 valence electrons. The first-order valence-corrected chi connectivity index (χ1v) is 6.81. The van der Waals surface area contributed by atoms with Gasteiger partial charge in [-0.05, 0) is 40.0 Å². The molecule has 18 heavy (non-hydrogen) atoms. The van der Waals surface area contributed by atoms with Crippen LogP contribution < -0.4 is 15.4 Å². The lowest BCUT2D eigenvalue weighted by molar-refractivity contribution is -0.126. The van der Waals surface area contributed by atoms with Crippen molar-refractivity contribution in [2.24, 2.45) is 5.92 Å². The summed E-state index contributed by atoms with van der Waals surface area (Å²) in [5.74, 6) is 1.14. The number of hydrogen-bond donors (Lipinski definition) is 2. The predicted molar refractivity (Wildman–Crippen MR) is 73.8 cm³/mol. The second-order valence-corrected chi connectivity index (χ2v) is 5.22. The molecule has 0 saturated carbocycles. The van der Waals surface area contributed by atoms with Crippen LogP contribution in [0.1, 0.15) is 5.56 Å². The highest BCUT2D eigenvalue weighted by Crippen LogP contribution is 2.25. The Morgan fingerprint density at radius 2 is 2.33 bits per heavy atom. The van der Waals surface area contributed by atoms with Crippen molar-refractivity contribution in [1.82, 2.24) is 10.6 Å². The van der Waals surface area contributed by atoms with Crippen molar-refractivity contribution >= 4 is 21.8 Å².